The Bertz CT molecular complexity index is 1210. The largest absolute Gasteiger partial charge is 0.490 e. The average molecular weight is 469 g/mol. The molecule has 2 aromatic heterocycles. The van der Waals surface area contributed by atoms with Crippen molar-refractivity contribution < 1.29 is 22.7 Å². The lowest BCUT2D eigenvalue weighted by atomic mass is 10.1. The Balaban J connectivity index is 1.44. The van der Waals surface area contributed by atoms with E-state index in [-0.39, 0.29) is 5.82 Å². The molecule has 4 heterocycles. The highest BCUT2D eigenvalue weighted by molar-refractivity contribution is 6.02. The van der Waals surface area contributed by atoms with Gasteiger partial charge in [-0.25, -0.2) is 14.8 Å². The minimum Gasteiger partial charge on any atom is -0.490 e. The molecule has 0 aliphatic carbocycles. The number of fused-ring (bicyclic) bond motifs is 1. The van der Waals surface area contributed by atoms with Gasteiger partial charge in [-0.15, -0.1) is 0 Å². The van der Waals surface area contributed by atoms with Crippen LogP contribution < -0.4 is 19.9 Å². The third-order valence-corrected chi connectivity index (χ3v) is 5.79. The van der Waals surface area contributed by atoms with Crippen LogP contribution in [0.3, 0.4) is 0 Å². The number of nitrogens with one attached hydrogen (secondary N) is 1. The highest BCUT2D eigenvalue weighted by Gasteiger charge is 2.31. The minimum atomic E-state index is -4.46. The number of aromatic nitrogens is 2. The molecule has 176 valence electrons. The molecule has 10 heteroatoms. The number of rotatable bonds is 3. The number of ether oxygens (including phenoxy) is 1. The molecule has 0 bridgehead atoms. The molecular formula is C24H22F3N5O2. The summed E-state index contributed by atoms with van der Waals surface area (Å²) in [6.45, 7) is 2.62. The molecule has 2 amide bonds. The van der Waals surface area contributed by atoms with Crippen molar-refractivity contribution in [3.05, 3.63) is 60.3 Å². The molecule has 0 atom stereocenters. The van der Waals surface area contributed by atoms with Crippen LogP contribution in [0.1, 0.15) is 18.4 Å². The highest BCUT2D eigenvalue weighted by Crippen LogP contribution is 2.35. The van der Waals surface area contributed by atoms with E-state index in [1.54, 1.807) is 30.5 Å². The second kappa shape index (κ2) is 8.85. The van der Waals surface area contributed by atoms with Crippen LogP contribution in [0.15, 0.2) is 54.7 Å². The van der Waals surface area contributed by atoms with E-state index in [0.29, 0.717) is 42.3 Å². The van der Waals surface area contributed by atoms with Crippen LogP contribution in [0.2, 0.25) is 0 Å². The standard InChI is InChI=1S/C24H22F3N5O2/c25-24(26,27)17-5-1-4-16(14-17)19-6-7-20-22(30-19)32(12-3-13-34-20)23(33)29-18-8-9-28-21(15-18)31-10-2-11-31/h1,4-9,14-15H,2-3,10-13H2,(H,28,29,33). The fourth-order valence-electron chi connectivity index (χ4n) is 3.87. The fourth-order valence-corrected chi connectivity index (χ4v) is 3.87. The molecule has 1 aromatic carbocycles. The first-order valence-corrected chi connectivity index (χ1v) is 11.0. The molecule has 0 unspecified atom stereocenters. The topological polar surface area (TPSA) is 70.6 Å². The number of carbonyl (C=O) groups is 1. The van der Waals surface area contributed by atoms with Gasteiger partial charge in [0.1, 0.15) is 5.82 Å². The van der Waals surface area contributed by atoms with Crippen LogP contribution in [-0.4, -0.2) is 42.2 Å². The lowest BCUT2D eigenvalue weighted by molar-refractivity contribution is -0.137. The zero-order valence-corrected chi connectivity index (χ0v) is 18.2. The molecule has 2 aliphatic rings. The number of hydrogen-bond acceptors (Lipinski definition) is 5. The summed E-state index contributed by atoms with van der Waals surface area (Å²) < 4.78 is 45.3. The molecule has 3 aromatic rings. The molecule has 0 spiro atoms. The molecule has 0 radical (unpaired) electrons. The zero-order chi connectivity index (χ0) is 23.7. The van der Waals surface area contributed by atoms with Crippen LogP contribution in [0.25, 0.3) is 11.3 Å². The van der Waals surface area contributed by atoms with E-state index in [1.807, 2.05) is 6.07 Å². The summed E-state index contributed by atoms with van der Waals surface area (Å²) in [7, 11) is 0. The summed E-state index contributed by atoms with van der Waals surface area (Å²) in [6.07, 6.45) is -1.12. The van der Waals surface area contributed by atoms with Gasteiger partial charge in [-0.05, 0) is 43.2 Å². The van der Waals surface area contributed by atoms with Crippen molar-refractivity contribution >= 4 is 23.4 Å². The van der Waals surface area contributed by atoms with E-state index >= 15 is 0 Å². The molecular weight excluding hydrogens is 447 g/mol. The van der Waals surface area contributed by atoms with Crippen molar-refractivity contribution in [3.8, 4) is 17.0 Å². The van der Waals surface area contributed by atoms with Gasteiger partial charge in [0.2, 0.25) is 0 Å². The van der Waals surface area contributed by atoms with Crippen molar-refractivity contribution in [2.75, 3.05) is 41.4 Å². The molecule has 0 saturated carbocycles. The maximum absolute atomic E-state index is 13.2. The summed E-state index contributed by atoms with van der Waals surface area (Å²) in [6, 6.07) is 11.3. The SMILES string of the molecule is O=C(Nc1ccnc(N2CCC2)c1)N1CCCOc2ccc(-c3cccc(C(F)(F)F)c3)nc21. The lowest BCUT2D eigenvalue weighted by Gasteiger charge is -2.32. The van der Waals surface area contributed by atoms with Crippen LogP contribution in [0, 0.1) is 0 Å². The second-order valence-corrected chi connectivity index (χ2v) is 8.12. The Hall–Kier alpha value is -3.82. The molecule has 2 aliphatic heterocycles. The summed E-state index contributed by atoms with van der Waals surface area (Å²) in [5, 5.41) is 2.89. The average Bonchev–Trinajstić information content (AvgIpc) is 3.00. The van der Waals surface area contributed by atoms with Crippen molar-refractivity contribution in [2.45, 2.75) is 19.0 Å². The van der Waals surface area contributed by atoms with Gasteiger partial charge in [0.15, 0.2) is 11.6 Å². The number of anilines is 3. The third kappa shape index (κ3) is 4.48. The molecule has 34 heavy (non-hydrogen) atoms. The maximum Gasteiger partial charge on any atom is 0.416 e. The first-order chi connectivity index (χ1) is 16.4. The van der Waals surface area contributed by atoms with Crippen LogP contribution in [0.4, 0.5) is 35.3 Å². The monoisotopic (exact) mass is 469 g/mol. The van der Waals surface area contributed by atoms with E-state index in [9.17, 15) is 18.0 Å². The number of benzene rings is 1. The van der Waals surface area contributed by atoms with Gasteiger partial charge in [-0.1, -0.05) is 12.1 Å². The fraction of sp³-hybridized carbons (Fsp3) is 0.292. The predicted octanol–water partition coefficient (Wildman–Crippen LogP) is 5.19. The Kier molecular flexibility index (Phi) is 5.72. The molecule has 7 nitrogen and oxygen atoms in total. The molecule has 1 N–H and O–H groups in total. The smallest absolute Gasteiger partial charge is 0.416 e. The highest BCUT2D eigenvalue weighted by atomic mass is 19.4. The second-order valence-electron chi connectivity index (χ2n) is 8.12. The van der Waals surface area contributed by atoms with E-state index in [2.05, 4.69) is 20.2 Å². The van der Waals surface area contributed by atoms with Gasteiger partial charge in [-0.3, -0.25) is 4.90 Å². The summed E-state index contributed by atoms with van der Waals surface area (Å²) in [5.41, 5.74) is 0.457. The van der Waals surface area contributed by atoms with E-state index in [0.717, 1.165) is 37.5 Å². The van der Waals surface area contributed by atoms with Crippen molar-refractivity contribution in [1.82, 2.24) is 9.97 Å². The summed E-state index contributed by atoms with van der Waals surface area (Å²) in [5.74, 6) is 1.47. The Morgan fingerprint density at radius 2 is 1.88 bits per heavy atom. The van der Waals surface area contributed by atoms with Gasteiger partial charge in [0.25, 0.3) is 0 Å². The van der Waals surface area contributed by atoms with Crippen LogP contribution in [-0.2, 0) is 6.18 Å². The maximum atomic E-state index is 13.2. The lowest BCUT2D eigenvalue weighted by Crippen LogP contribution is -2.38. The van der Waals surface area contributed by atoms with Crippen molar-refractivity contribution in [2.24, 2.45) is 0 Å². The van der Waals surface area contributed by atoms with E-state index < -0.39 is 17.8 Å². The van der Waals surface area contributed by atoms with E-state index in [1.165, 1.54) is 11.0 Å². The number of alkyl halides is 3. The zero-order valence-electron chi connectivity index (χ0n) is 18.2. The summed E-state index contributed by atoms with van der Waals surface area (Å²) in [4.78, 5) is 25.7. The Labute approximate surface area is 194 Å². The number of urea groups is 1. The predicted molar refractivity (Wildman–Crippen MR) is 122 cm³/mol. The van der Waals surface area contributed by atoms with E-state index in [4.69, 9.17) is 4.74 Å². The quantitative estimate of drug-likeness (QED) is 0.572. The van der Waals surface area contributed by atoms with Crippen LogP contribution >= 0.6 is 0 Å². The van der Waals surface area contributed by atoms with Gasteiger partial charge in [0, 0.05) is 43.1 Å². The number of hydrogen-bond donors (Lipinski definition) is 1. The summed E-state index contributed by atoms with van der Waals surface area (Å²) >= 11 is 0. The van der Waals surface area contributed by atoms with Gasteiger partial charge >= 0.3 is 12.2 Å². The Morgan fingerprint density at radius 1 is 1.03 bits per heavy atom. The molecule has 1 saturated heterocycles. The number of pyridine rings is 2. The first kappa shape index (κ1) is 22.0. The third-order valence-electron chi connectivity index (χ3n) is 5.79. The van der Waals surface area contributed by atoms with Gasteiger partial charge < -0.3 is 15.0 Å². The molecule has 5 rings (SSSR count). The van der Waals surface area contributed by atoms with Crippen molar-refractivity contribution in [1.29, 1.82) is 0 Å². The number of amides is 2. The van der Waals surface area contributed by atoms with Crippen molar-refractivity contribution in [3.63, 3.8) is 0 Å². The minimum absolute atomic E-state index is 0.266. The van der Waals surface area contributed by atoms with Gasteiger partial charge in [-0.2, -0.15) is 13.2 Å². The normalized spacial score (nSPS) is 15.6. The number of nitrogens with zero attached hydrogens (tertiary/aromatic N) is 4. The molecule has 1 fully saturated rings. The van der Waals surface area contributed by atoms with Crippen LogP contribution in [0.5, 0.6) is 5.75 Å². The number of carbonyl (C=O) groups excluding carboxylic acids is 1. The Morgan fingerprint density at radius 3 is 2.65 bits per heavy atom. The first-order valence-electron chi connectivity index (χ1n) is 11.0. The number of halogens is 3. The van der Waals surface area contributed by atoms with Gasteiger partial charge in [0.05, 0.1) is 17.9 Å².